The van der Waals surface area contributed by atoms with Gasteiger partial charge in [0.1, 0.15) is 17.4 Å². The molecule has 0 unspecified atom stereocenters. The molecule has 3 aromatic rings. The normalized spacial score (nSPS) is 10.2. The number of carbonyl (C=O) groups is 1. The van der Waals surface area contributed by atoms with Gasteiger partial charge < -0.3 is 9.64 Å². The second-order valence-corrected chi connectivity index (χ2v) is 6.15. The summed E-state index contributed by atoms with van der Waals surface area (Å²) >= 11 is 0. The van der Waals surface area contributed by atoms with E-state index in [-0.39, 0.29) is 29.8 Å². The Morgan fingerprint density at radius 3 is 2.54 bits per heavy atom. The van der Waals surface area contributed by atoms with Crippen molar-refractivity contribution in [3.8, 4) is 34.5 Å². The molecular formula is C21H17FN4O2. The van der Waals surface area contributed by atoms with Crippen molar-refractivity contribution >= 4 is 5.91 Å². The quantitative estimate of drug-likeness (QED) is 0.683. The predicted octanol–water partition coefficient (Wildman–Crippen LogP) is 3.29. The fourth-order valence-electron chi connectivity index (χ4n) is 2.50. The first-order valence-corrected chi connectivity index (χ1v) is 8.45. The van der Waals surface area contributed by atoms with Crippen LogP contribution in [0.1, 0.15) is 5.56 Å². The minimum Gasteiger partial charge on any atom is -0.467 e. The lowest BCUT2D eigenvalue weighted by Crippen LogP contribution is -2.28. The van der Waals surface area contributed by atoms with Crippen molar-refractivity contribution in [1.82, 2.24) is 14.9 Å². The van der Waals surface area contributed by atoms with Crippen molar-refractivity contribution in [3.05, 3.63) is 66.1 Å². The van der Waals surface area contributed by atoms with Crippen molar-refractivity contribution in [2.24, 2.45) is 0 Å². The van der Waals surface area contributed by atoms with E-state index in [1.807, 2.05) is 6.07 Å². The Morgan fingerprint density at radius 2 is 1.93 bits per heavy atom. The van der Waals surface area contributed by atoms with Gasteiger partial charge >= 0.3 is 0 Å². The summed E-state index contributed by atoms with van der Waals surface area (Å²) in [6.45, 7) is -0.261. The van der Waals surface area contributed by atoms with Crippen LogP contribution < -0.4 is 4.74 Å². The highest BCUT2D eigenvalue weighted by Gasteiger charge is 2.18. The number of halogens is 1. The Hall–Kier alpha value is -3.79. The van der Waals surface area contributed by atoms with E-state index in [1.54, 1.807) is 50.6 Å². The maximum atomic E-state index is 13.3. The van der Waals surface area contributed by atoms with Crippen molar-refractivity contribution < 1.29 is 13.9 Å². The van der Waals surface area contributed by atoms with E-state index in [1.165, 1.54) is 17.0 Å². The van der Waals surface area contributed by atoms with E-state index in [9.17, 15) is 14.4 Å². The zero-order valence-corrected chi connectivity index (χ0v) is 15.4. The van der Waals surface area contributed by atoms with E-state index in [0.29, 0.717) is 22.5 Å². The molecule has 2 aromatic heterocycles. The topological polar surface area (TPSA) is 79.1 Å². The minimum atomic E-state index is -0.380. The number of aromatic nitrogens is 2. The van der Waals surface area contributed by atoms with Crippen molar-refractivity contribution in [2.45, 2.75) is 0 Å². The first-order valence-electron chi connectivity index (χ1n) is 8.45. The molecule has 0 aliphatic heterocycles. The van der Waals surface area contributed by atoms with Gasteiger partial charge in [-0.3, -0.25) is 9.78 Å². The molecule has 7 heteroatoms. The summed E-state index contributed by atoms with van der Waals surface area (Å²) in [4.78, 5) is 22.0. The predicted molar refractivity (Wildman–Crippen MR) is 102 cm³/mol. The smallest absolute Gasteiger partial charge is 0.260 e. The molecule has 0 spiro atoms. The first kappa shape index (κ1) is 19.0. The number of hydrogen-bond donors (Lipinski definition) is 0. The molecule has 0 fully saturated rings. The number of ether oxygens (including phenoxy) is 1. The highest BCUT2D eigenvalue weighted by molar-refractivity contribution is 5.79. The Labute approximate surface area is 161 Å². The van der Waals surface area contributed by atoms with E-state index >= 15 is 0 Å². The third kappa shape index (κ3) is 4.13. The molecule has 0 aliphatic rings. The molecule has 3 rings (SSSR count). The van der Waals surface area contributed by atoms with Gasteiger partial charge in [-0.1, -0.05) is 18.2 Å². The largest absolute Gasteiger partial charge is 0.467 e. The number of nitriles is 1. The van der Waals surface area contributed by atoms with E-state index in [2.05, 4.69) is 16.0 Å². The van der Waals surface area contributed by atoms with Crippen LogP contribution in [0.25, 0.3) is 22.5 Å². The highest BCUT2D eigenvalue weighted by Crippen LogP contribution is 2.33. The molecular weight excluding hydrogens is 359 g/mol. The summed E-state index contributed by atoms with van der Waals surface area (Å²) in [6.07, 6.45) is 1.63. The molecule has 1 amide bonds. The summed E-state index contributed by atoms with van der Waals surface area (Å²) in [5, 5.41) is 9.70. The van der Waals surface area contributed by atoms with Gasteiger partial charge in [-0.2, -0.15) is 5.26 Å². The van der Waals surface area contributed by atoms with Crippen molar-refractivity contribution in [2.75, 3.05) is 20.7 Å². The molecule has 140 valence electrons. The summed E-state index contributed by atoms with van der Waals surface area (Å²) in [7, 11) is 3.22. The van der Waals surface area contributed by atoms with Gasteiger partial charge in [0, 0.05) is 25.9 Å². The van der Waals surface area contributed by atoms with Gasteiger partial charge in [0.05, 0.1) is 11.4 Å². The molecule has 28 heavy (non-hydrogen) atoms. The Morgan fingerprint density at radius 1 is 1.18 bits per heavy atom. The van der Waals surface area contributed by atoms with Crippen molar-refractivity contribution in [3.63, 3.8) is 0 Å². The van der Waals surface area contributed by atoms with E-state index in [0.717, 1.165) is 0 Å². The van der Waals surface area contributed by atoms with Gasteiger partial charge in [0.25, 0.3) is 5.91 Å². The number of benzene rings is 1. The van der Waals surface area contributed by atoms with Crippen LogP contribution >= 0.6 is 0 Å². The molecule has 0 radical (unpaired) electrons. The number of likely N-dealkylation sites (N-methyl/N-ethyl adjacent to an activating group) is 1. The van der Waals surface area contributed by atoms with Crippen molar-refractivity contribution in [1.29, 1.82) is 5.26 Å². The van der Waals surface area contributed by atoms with Crippen LogP contribution in [-0.2, 0) is 4.79 Å². The number of amides is 1. The molecule has 0 N–H and O–H groups in total. The van der Waals surface area contributed by atoms with Gasteiger partial charge in [-0.05, 0) is 35.9 Å². The average molecular weight is 376 g/mol. The summed E-state index contributed by atoms with van der Waals surface area (Å²) in [5.74, 6) is -0.619. The van der Waals surface area contributed by atoms with E-state index in [4.69, 9.17) is 4.74 Å². The second kappa shape index (κ2) is 8.27. The van der Waals surface area contributed by atoms with Crippen LogP contribution in [0.2, 0.25) is 0 Å². The third-order valence-electron chi connectivity index (χ3n) is 4.01. The highest BCUT2D eigenvalue weighted by atomic mass is 19.1. The molecule has 0 saturated carbocycles. The van der Waals surface area contributed by atoms with Crippen LogP contribution in [0.5, 0.6) is 5.88 Å². The van der Waals surface area contributed by atoms with E-state index < -0.39 is 0 Å². The number of rotatable bonds is 5. The lowest BCUT2D eigenvalue weighted by atomic mass is 10.00. The number of nitrogens with zero attached hydrogens (tertiary/aromatic N) is 4. The molecule has 0 aliphatic carbocycles. The lowest BCUT2D eigenvalue weighted by molar-refractivity contribution is -0.130. The van der Waals surface area contributed by atoms with Gasteiger partial charge in [0.15, 0.2) is 6.61 Å². The molecule has 0 atom stereocenters. The van der Waals surface area contributed by atoms with Crippen LogP contribution in [0.15, 0.2) is 54.7 Å². The number of hydrogen-bond acceptors (Lipinski definition) is 5. The SMILES string of the molecule is CN(C)C(=O)COc1nc(-c2ccccn2)cc(-c2ccc(F)cc2)c1C#N. The lowest BCUT2D eigenvalue weighted by Gasteiger charge is -2.14. The molecule has 2 heterocycles. The van der Waals surface area contributed by atoms with Crippen LogP contribution in [0, 0.1) is 17.1 Å². The third-order valence-corrected chi connectivity index (χ3v) is 4.01. The van der Waals surface area contributed by atoms with Gasteiger partial charge in [-0.15, -0.1) is 0 Å². The summed E-state index contributed by atoms with van der Waals surface area (Å²) < 4.78 is 18.9. The van der Waals surface area contributed by atoms with Crippen LogP contribution in [0.4, 0.5) is 4.39 Å². The summed E-state index contributed by atoms with van der Waals surface area (Å²) in [6, 6.07) is 14.9. The maximum absolute atomic E-state index is 13.3. The monoisotopic (exact) mass is 376 g/mol. The molecule has 1 aromatic carbocycles. The maximum Gasteiger partial charge on any atom is 0.260 e. The Kier molecular flexibility index (Phi) is 5.61. The second-order valence-electron chi connectivity index (χ2n) is 6.15. The zero-order chi connectivity index (χ0) is 20.1. The summed E-state index contributed by atoms with van der Waals surface area (Å²) in [5.41, 5.74) is 2.37. The Balaban J connectivity index is 2.14. The fraction of sp³-hybridized carbons (Fsp3) is 0.143. The van der Waals surface area contributed by atoms with Crippen LogP contribution in [-0.4, -0.2) is 41.5 Å². The molecule has 0 bridgehead atoms. The number of pyridine rings is 2. The fourth-order valence-corrected chi connectivity index (χ4v) is 2.50. The molecule has 6 nitrogen and oxygen atoms in total. The number of carbonyl (C=O) groups excluding carboxylic acids is 1. The van der Waals surface area contributed by atoms with Gasteiger partial charge in [-0.25, -0.2) is 9.37 Å². The standard InChI is InChI=1S/C21H17FN4O2/c1-26(2)20(27)13-28-21-17(12-23)16(14-6-8-15(22)9-7-14)11-19(25-21)18-5-3-4-10-24-18/h3-11H,13H2,1-2H3. The minimum absolute atomic E-state index is 0.0279. The zero-order valence-electron chi connectivity index (χ0n) is 15.4. The van der Waals surface area contributed by atoms with Crippen LogP contribution in [0.3, 0.4) is 0 Å². The first-order chi connectivity index (χ1) is 13.5. The average Bonchev–Trinajstić information content (AvgIpc) is 2.72. The Bertz CT molecular complexity index is 1030. The molecule has 0 saturated heterocycles. The van der Waals surface area contributed by atoms with Gasteiger partial charge in [0.2, 0.25) is 5.88 Å².